The molecule has 0 bridgehead atoms. The number of fused-ring (bicyclic) bond motifs is 1. The number of piperidine rings is 1. The van der Waals surface area contributed by atoms with Gasteiger partial charge in [-0.05, 0) is 31.0 Å². The molecule has 0 unspecified atom stereocenters. The zero-order valence-electron chi connectivity index (χ0n) is 12.5. The van der Waals surface area contributed by atoms with Gasteiger partial charge in [-0.25, -0.2) is 0 Å². The first kappa shape index (κ1) is 16.1. The monoisotopic (exact) mass is 380 g/mol. The molecule has 0 radical (unpaired) electrons. The number of rotatable bonds is 3. The topological polar surface area (TPSA) is 77.9 Å². The summed E-state index contributed by atoms with van der Waals surface area (Å²) >= 11 is 3.29. The summed E-state index contributed by atoms with van der Waals surface area (Å²) in [4.78, 5) is 39.6. The molecule has 3 amide bonds. The van der Waals surface area contributed by atoms with Crippen LogP contribution in [0.25, 0.3) is 0 Å². The fourth-order valence-electron chi connectivity index (χ4n) is 2.95. The molecule has 6 nitrogen and oxygen atoms in total. The number of amides is 3. The molecule has 1 fully saturated rings. The van der Waals surface area contributed by atoms with Crippen LogP contribution in [-0.4, -0.2) is 58.4 Å². The maximum Gasteiger partial charge on any atom is 0.261 e. The van der Waals surface area contributed by atoms with E-state index >= 15 is 0 Å². The van der Waals surface area contributed by atoms with Crippen LogP contribution in [0.4, 0.5) is 0 Å². The van der Waals surface area contributed by atoms with E-state index < -0.39 is 0 Å². The fraction of sp³-hybridized carbons (Fsp3) is 0.438. The minimum Gasteiger partial charge on any atom is -0.393 e. The number of nitrogens with zero attached hydrogens (tertiary/aromatic N) is 2. The predicted molar refractivity (Wildman–Crippen MR) is 85.9 cm³/mol. The quantitative estimate of drug-likeness (QED) is 0.804. The van der Waals surface area contributed by atoms with Crippen LogP contribution in [0.1, 0.15) is 40.0 Å². The SMILES string of the molecule is O=C(CCN1C(=O)c2ccc(Br)cc2C1=O)N1CCC(O)CC1. The predicted octanol–water partition coefficient (Wildman–Crippen LogP) is 1.42. The Morgan fingerprint density at radius 3 is 2.52 bits per heavy atom. The Bertz CT molecular complexity index is 668. The summed E-state index contributed by atoms with van der Waals surface area (Å²) in [7, 11) is 0. The Labute approximate surface area is 142 Å². The standard InChI is InChI=1S/C16H17BrN2O4/c17-10-1-2-12-13(9-10)16(23)19(15(12)22)8-5-14(21)18-6-3-11(20)4-7-18/h1-2,9,11,20H,3-8H2. The summed E-state index contributed by atoms with van der Waals surface area (Å²) in [5.74, 6) is -0.790. The Morgan fingerprint density at radius 1 is 1.17 bits per heavy atom. The highest BCUT2D eigenvalue weighted by Crippen LogP contribution is 2.26. The van der Waals surface area contributed by atoms with Crippen molar-refractivity contribution in [3.05, 3.63) is 33.8 Å². The molecule has 0 aromatic heterocycles. The molecule has 1 saturated heterocycles. The van der Waals surface area contributed by atoms with Crippen LogP contribution in [0.15, 0.2) is 22.7 Å². The van der Waals surface area contributed by atoms with Crippen LogP contribution in [0.2, 0.25) is 0 Å². The summed E-state index contributed by atoms with van der Waals surface area (Å²) in [5, 5.41) is 9.46. The van der Waals surface area contributed by atoms with Gasteiger partial charge in [0.1, 0.15) is 0 Å². The number of halogens is 1. The van der Waals surface area contributed by atoms with Crippen LogP contribution in [0.3, 0.4) is 0 Å². The van der Waals surface area contributed by atoms with Gasteiger partial charge in [-0.3, -0.25) is 19.3 Å². The Kier molecular flexibility index (Phi) is 4.50. The number of carbonyl (C=O) groups excluding carboxylic acids is 3. The lowest BCUT2D eigenvalue weighted by Crippen LogP contribution is -2.42. The minimum absolute atomic E-state index is 0.0852. The van der Waals surface area contributed by atoms with E-state index in [-0.39, 0.29) is 36.8 Å². The third kappa shape index (κ3) is 3.16. The number of aliphatic hydroxyl groups is 1. The molecule has 3 rings (SSSR count). The maximum absolute atomic E-state index is 12.3. The van der Waals surface area contributed by atoms with Gasteiger partial charge in [0.05, 0.1) is 17.2 Å². The van der Waals surface area contributed by atoms with Crippen LogP contribution >= 0.6 is 15.9 Å². The van der Waals surface area contributed by atoms with E-state index in [1.165, 1.54) is 0 Å². The van der Waals surface area contributed by atoms with Gasteiger partial charge in [0, 0.05) is 30.5 Å². The van der Waals surface area contributed by atoms with Crippen LogP contribution in [0.5, 0.6) is 0 Å². The second kappa shape index (κ2) is 6.41. The molecule has 0 saturated carbocycles. The molecule has 2 heterocycles. The third-order valence-electron chi connectivity index (χ3n) is 4.30. The second-order valence-corrected chi connectivity index (χ2v) is 6.73. The van der Waals surface area contributed by atoms with E-state index in [1.807, 2.05) is 0 Å². The summed E-state index contributed by atoms with van der Waals surface area (Å²) in [6, 6.07) is 4.97. The lowest BCUT2D eigenvalue weighted by atomic mass is 10.1. The van der Waals surface area contributed by atoms with Gasteiger partial charge in [-0.15, -0.1) is 0 Å². The normalized spacial score (nSPS) is 18.5. The van der Waals surface area contributed by atoms with Crippen molar-refractivity contribution in [1.82, 2.24) is 9.80 Å². The molecule has 122 valence electrons. The maximum atomic E-state index is 12.3. The third-order valence-corrected chi connectivity index (χ3v) is 4.79. The summed E-state index contributed by atoms with van der Waals surface area (Å²) in [6.45, 7) is 1.13. The lowest BCUT2D eigenvalue weighted by Gasteiger charge is -2.30. The zero-order valence-corrected chi connectivity index (χ0v) is 14.1. The molecule has 1 N–H and O–H groups in total. The summed E-state index contributed by atoms with van der Waals surface area (Å²) in [5.41, 5.74) is 0.754. The van der Waals surface area contributed by atoms with Crippen molar-refractivity contribution < 1.29 is 19.5 Å². The number of hydrogen-bond donors (Lipinski definition) is 1. The molecular weight excluding hydrogens is 364 g/mol. The molecule has 0 atom stereocenters. The second-order valence-electron chi connectivity index (χ2n) is 5.81. The Morgan fingerprint density at radius 2 is 1.83 bits per heavy atom. The molecule has 1 aromatic carbocycles. The average molecular weight is 381 g/mol. The zero-order chi connectivity index (χ0) is 16.6. The fourth-order valence-corrected chi connectivity index (χ4v) is 3.31. The summed E-state index contributed by atoms with van der Waals surface area (Å²) in [6.07, 6.45) is 0.927. The number of benzene rings is 1. The first-order chi connectivity index (χ1) is 11.0. The largest absolute Gasteiger partial charge is 0.393 e. The van der Waals surface area contributed by atoms with Crippen molar-refractivity contribution >= 4 is 33.7 Å². The van der Waals surface area contributed by atoms with Gasteiger partial charge in [0.15, 0.2) is 0 Å². The number of hydrogen-bond acceptors (Lipinski definition) is 4. The van der Waals surface area contributed by atoms with Crippen LogP contribution in [-0.2, 0) is 4.79 Å². The first-order valence-electron chi connectivity index (χ1n) is 7.59. The lowest BCUT2D eigenvalue weighted by molar-refractivity contribution is -0.133. The average Bonchev–Trinajstić information content (AvgIpc) is 2.77. The van der Waals surface area contributed by atoms with Gasteiger partial charge in [0.25, 0.3) is 11.8 Å². The molecule has 0 spiro atoms. The molecule has 2 aliphatic heterocycles. The van der Waals surface area contributed by atoms with Crippen molar-refractivity contribution in [3.63, 3.8) is 0 Å². The Balaban J connectivity index is 1.62. The highest BCUT2D eigenvalue weighted by Gasteiger charge is 2.35. The van der Waals surface area contributed by atoms with Crippen molar-refractivity contribution in [1.29, 1.82) is 0 Å². The van der Waals surface area contributed by atoms with E-state index in [1.54, 1.807) is 23.1 Å². The molecule has 7 heteroatoms. The van der Waals surface area contributed by atoms with E-state index in [4.69, 9.17) is 0 Å². The molecule has 1 aromatic rings. The smallest absolute Gasteiger partial charge is 0.261 e. The van der Waals surface area contributed by atoms with Crippen molar-refractivity contribution in [3.8, 4) is 0 Å². The molecular formula is C16H17BrN2O4. The van der Waals surface area contributed by atoms with E-state index in [0.29, 0.717) is 37.1 Å². The Hall–Kier alpha value is -1.73. The summed E-state index contributed by atoms with van der Waals surface area (Å²) < 4.78 is 0.738. The van der Waals surface area contributed by atoms with Gasteiger partial charge < -0.3 is 10.0 Å². The van der Waals surface area contributed by atoms with Crippen LogP contribution in [0, 0.1) is 0 Å². The number of imide groups is 1. The van der Waals surface area contributed by atoms with E-state index in [2.05, 4.69) is 15.9 Å². The van der Waals surface area contributed by atoms with E-state index in [0.717, 1.165) is 9.37 Å². The molecule has 2 aliphatic rings. The first-order valence-corrected chi connectivity index (χ1v) is 8.38. The number of aliphatic hydroxyl groups excluding tert-OH is 1. The highest BCUT2D eigenvalue weighted by atomic mass is 79.9. The van der Waals surface area contributed by atoms with Gasteiger partial charge in [-0.2, -0.15) is 0 Å². The molecule has 0 aliphatic carbocycles. The van der Waals surface area contributed by atoms with Gasteiger partial charge in [-0.1, -0.05) is 15.9 Å². The number of likely N-dealkylation sites (tertiary alicyclic amines) is 1. The van der Waals surface area contributed by atoms with Gasteiger partial charge in [0.2, 0.25) is 5.91 Å². The van der Waals surface area contributed by atoms with E-state index in [9.17, 15) is 19.5 Å². The van der Waals surface area contributed by atoms with Crippen LogP contribution < -0.4 is 0 Å². The highest BCUT2D eigenvalue weighted by molar-refractivity contribution is 9.10. The van der Waals surface area contributed by atoms with Gasteiger partial charge >= 0.3 is 0 Å². The number of carbonyl (C=O) groups is 3. The van der Waals surface area contributed by atoms with Crippen molar-refractivity contribution in [2.45, 2.75) is 25.4 Å². The molecule has 23 heavy (non-hydrogen) atoms. The van der Waals surface area contributed by atoms with Crippen molar-refractivity contribution in [2.75, 3.05) is 19.6 Å². The minimum atomic E-state index is -0.354. The van der Waals surface area contributed by atoms with Crippen molar-refractivity contribution in [2.24, 2.45) is 0 Å².